The third-order valence-electron chi connectivity index (χ3n) is 5.09. The van der Waals surface area contributed by atoms with Crippen LogP contribution in [0.25, 0.3) is 10.2 Å². The Morgan fingerprint density at radius 1 is 0.968 bits per heavy atom. The van der Waals surface area contributed by atoms with Crippen LogP contribution in [0, 0.1) is 13.8 Å². The second-order valence-electron chi connectivity index (χ2n) is 7.29. The molecule has 0 N–H and O–H groups in total. The number of ether oxygens (including phenoxy) is 2. The third kappa shape index (κ3) is 4.76. The van der Waals surface area contributed by atoms with Gasteiger partial charge in [0.05, 0.1) is 16.8 Å². The van der Waals surface area contributed by atoms with Crippen molar-refractivity contribution in [1.29, 1.82) is 0 Å². The van der Waals surface area contributed by atoms with E-state index in [9.17, 15) is 4.79 Å². The van der Waals surface area contributed by atoms with Gasteiger partial charge in [-0.05, 0) is 73.5 Å². The minimum Gasteiger partial charge on any atom is -0.457 e. The molecular formula is C25H24N2O3S. The van der Waals surface area contributed by atoms with E-state index >= 15 is 0 Å². The average Bonchev–Trinajstić information content (AvgIpc) is 3.09. The number of aromatic nitrogens is 1. The fourth-order valence-corrected chi connectivity index (χ4v) is 4.38. The van der Waals surface area contributed by atoms with Gasteiger partial charge in [-0.15, -0.1) is 0 Å². The van der Waals surface area contributed by atoms with Gasteiger partial charge in [-0.1, -0.05) is 29.5 Å². The molecule has 6 heteroatoms. The maximum Gasteiger partial charge on any atom is 0.279 e. The predicted molar refractivity (Wildman–Crippen MR) is 124 cm³/mol. The number of para-hydroxylation sites is 1. The Hall–Kier alpha value is -3.22. The lowest BCUT2D eigenvalue weighted by atomic mass is 10.1. The van der Waals surface area contributed by atoms with Crippen LogP contribution in [0.15, 0.2) is 71.7 Å². The number of fused-ring (bicyclic) bond motifs is 1. The van der Waals surface area contributed by atoms with Crippen LogP contribution in [-0.4, -0.2) is 24.2 Å². The molecule has 3 aromatic carbocycles. The summed E-state index contributed by atoms with van der Waals surface area (Å²) >= 11 is 1.52. The number of methoxy groups -OCH3 is 1. The molecule has 0 saturated carbocycles. The predicted octanol–water partition coefficient (Wildman–Crippen LogP) is 5.50. The number of rotatable bonds is 6. The summed E-state index contributed by atoms with van der Waals surface area (Å²) in [6, 6.07) is 20.9. The highest BCUT2D eigenvalue weighted by Crippen LogP contribution is 2.23. The van der Waals surface area contributed by atoms with Crippen LogP contribution in [0.2, 0.25) is 0 Å². The molecule has 5 nitrogen and oxygen atoms in total. The van der Waals surface area contributed by atoms with Crippen molar-refractivity contribution in [3.05, 3.63) is 88.2 Å². The van der Waals surface area contributed by atoms with Gasteiger partial charge < -0.3 is 14.0 Å². The maximum atomic E-state index is 12.9. The van der Waals surface area contributed by atoms with Gasteiger partial charge >= 0.3 is 0 Å². The van der Waals surface area contributed by atoms with Crippen LogP contribution in [-0.2, 0) is 11.3 Å². The largest absolute Gasteiger partial charge is 0.457 e. The fourth-order valence-electron chi connectivity index (χ4n) is 3.25. The Bertz CT molecular complexity index is 1270. The first-order valence-electron chi connectivity index (χ1n) is 10.1. The third-order valence-corrected chi connectivity index (χ3v) is 6.14. The molecule has 0 atom stereocenters. The molecule has 4 rings (SSSR count). The van der Waals surface area contributed by atoms with E-state index in [1.54, 1.807) is 31.4 Å². The molecule has 1 heterocycles. The van der Waals surface area contributed by atoms with Crippen molar-refractivity contribution in [1.82, 2.24) is 4.57 Å². The van der Waals surface area contributed by atoms with Crippen LogP contribution in [0.4, 0.5) is 0 Å². The van der Waals surface area contributed by atoms with Crippen molar-refractivity contribution in [3.8, 4) is 11.5 Å². The average molecular weight is 433 g/mol. The number of benzene rings is 3. The highest BCUT2D eigenvalue weighted by Gasteiger charge is 2.11. The molecule has 0 aliphatic carbocycles. The van der Waals surface area contributed by atoms with Crippen LogP contribution < -0.4 is 9.54 Å². The van der Waals surface area contributed by atoms with E-state index in [0.29, 0.717) is 29.3 Å². The van der Waals surface area contributed by atoms with Gasteiger partial charge in [0.15, 0.2) is 4.80 Å². The van der Waals surface area contributed by atoms with Crippen molar-refractivity contribution < 1.29 is 14.3 Å². The molecule has 0 aliphatic rings. The molecule has 0 unspecified atom stereocenters. The number of amides is 1. The van der Waals surface area contributed by atoms with Crippen molar-refractivity contribution in [2.45, 2.75) is 20.4 Å². The van der Waals surface area contributed by atoms with Crippen molar-refractivity contribution in [2.24, 2.45) is 4.99 Å². The first kappa shape index (κ1) is 21.0. The molecule has 1 aromatic heterocycles. The smallest absolute Gasteiger partial charge is 0.279 e. The van der Waals surface area contributed by atoms with E-state index in [1.165, 1.54) is 22.5 Å². The number of carbonyl (C=O) groups excluding carboxylic acids is 1. The van der Waals surface area contributed by atoms with Crippen molar-refractivity contribution in [3.63, 3.8) is 0 Å². The number of nitrogens with zero attached hydrogens (tertiary/aromatic N) is 2. The number of aryl methyl sites for hydroxylation is 2. The van der Waals surface area contributed by atoms with Gasteiger partial charge in [-0.2, -0.15) is 4.99 Å². The first-order chi connectivity index (χ1) is 15.0. The molecule has 0 spiro atoms. The first-order valence-corrected chi connectivity index (χ1v) is 10.9. The summed E-state index contributed by atoms with van der Waals surface area (Å²) in [5.41, 5.74) is 4.02. The monoisotopic (exact) mass is 432 g/mol. The number of thiazole rings is 1. The lowest BCUT2D eigenvalue weighted by Gasteiger charge is -2.06. The van der Waals surface area contributed by atoms with Crippen molar-refractivity contribution >= 4 is 27.5 Å². The molecule has 1 amide bonds. The molecule has 4 aromatic rings. The van der Waals surface area contributed by atoms with Crippen LogP contribution >= 0.6 is 11.3 Å². The Morgan fingerprint density at radius 2 is 1.65 bits per heavy atom. The Balaban J connectivity index is 1.65. The van der Waals surface area contributed by atoms with E-state index in [0.717, 1.165) is 16.0 Å². The van der Waals surface area contributed by atoms with E-state index in [-0.39, 0.29) is 5.91 Å². The van der Waals surface area contributed by atoms with Gasteiger partial charge in [0.1, 0.15) is 11.5 Å². The topological polar surface area (TPSA) is 52.8 Å². The maximum absolute atomic E-state index is 12.9. The summed E-state index contributed by atoms with van der Waals surface area (Å²) in [4.78, 5) is 18.0. The SMILES string of the molecule is COCCn1c(=NC(=O)c2ccc(Oc3ccccc3)cc2)sc2cc(C)c(C)cc21. The number of hydrogen-bond acceptors (Lipinski definition) is 4. The summed E-state index contributed by atoms with van der Waals surface area (Å²) in [7, 11) is 1.67. The van der Waals surface area contributed by atoms with Gasteiger partial charge in [-0.3, -0.25) is 4.79 Å². The lowest BCUT2D eigenvalue weighted by Crippen LogP contribution is -2.19. The molecule has 0 bridgehead atoms. The van der Waals surface area contributed by atoms with Gasteiger partial charge in [0, 0.05) is 19.2 Å². The molecule has 0 radical (unpaired) electrons. The summed E-state index contributed by atoms with van der Waals surface area (Å²) < 4.78 is 14.2. The molecule has 0 saturated heterocycles. The summed E-state index contributed by atoms with van der Waals surface area (Å²) in [6.07, 6.45) is 0. The molecule has 158 valence electrons. The number of hydrogen-bond donors (Lipinski definition) is 0. The van der Waals surface area contributed by atoms with E-state index in [4.69, 9.17) is 9.47 Å². The highest BCUT2D eigenvalue weighted by molar-refractivity contribution is 7.16. The van der Waals surface area contributed by atoms with Crippen molar-refractivity contribution in [2.75, 3.05) is 13.7 Å². The van der Waals surface area contributed by atoms with E-state index in [1.807, 2.05) is 30.3 Å². The number of carbonyl (C=O) groups is 1. The van der Waals surface area contributed by atoms with Gasteiger partial charge in [-0.25, -0.2) is 0 Å². The molecular weight excluding hydrogens is 408 g/mol. The Morgan fingerprint density at radius 3 is 2.35 bits per heavy atom. The molecule has 0 fully saturated rings. The minimum absolute atomic E-state index is 0.280. The standard InChI is InChI=1S/C25H24N2O3S/c1-17-15-22-23(16-18(17)2)31-25(27(22)13-14-29-3)26-24(28)19-9-11-21(12-10-19)30-20-7-5-4-6-8-20/h4-12,15-16H,13-14H2,1-3H3. The van der Waals surface area contributed by atoms with Crippen LogP contribution in [0.1, 0.15) is 21.5 Å². The van der Waals surface area contributed by atoms with Crippen LogP contribution in [0.3, 0.4) is 0 Å². The summed E-state index contributed by atoms with van der Waals surface area (Å²) in [5, 5.41) is 0. The minimum atomic E-state index is -0.280. The lowest BCUT2D eigenvalue weighted by molar-refractivity contribution is 0.0997. The van der Waals surface area contributed by atoms with Gasteiger partial charge in [0.25, 0.3) is 5.91 Å². The zero-order chi connectivity index (χ0) is 21.8. The van der Waals surface area contributed by atoms with E-state index in [2.05, 4.69) is 35.5 Å². The second-order valence-corrected chi connectivity index (χ2v) is 8.30. The summed E-state index contributed by atoms with van der Waals surface area (Å²) in [6.45, 7) is 5.36. The molecule has 31 heavy (non-hydrogen) atoms. The fraction of sp³-hybridized carbons (Fsp3) is 0.200. The van der Waals surface area contributed by atoms with Crippen LogP contribution in [0.5, 0.6) is 11.5 Å². The zero-order valence-corrected chi connectivity index (χ0v) is 18.6. The summed E-state index contributed by atoms with van der Waals surface area (Å²) in [5.74, 6) is 1.14. The normalized spacial score (nSPS) is 11.8. The second kappa shape index (κ2) is 9.29. The Labute approximate surface area is 185 Å². The Kier molecular flexibility index (Phi) is 6.30. The van der Waals surface area contributed by atoms with Gasteiger partial charge in [0.2, 0.25) is 0 Å². The molecule has 0 aliphatic heterocycles. The zero-order valence-electron chi connectivity index (χ0n) is 17.8. The van der Waals surface area contributed by atoms with E-state index < -0.39 is 0 Å². The highest BCUT2D eigenvalue weighted by atomic mass is 32.1. The quantitative estimate of drug-likeness (QED) is 0.404.